The Morgan fingerprint density at radius 1 is 1.14 bits per heavy atom. The van der Waals surface area contributed by atoms with Gasteiger partial charge in [0.1, 0.15) is 5.82 Å². The number of anilines is 3. The van der Waals surface area contributed by atoms with Crippen molar-refractivity contribution in [3.05, 3.63) is 41.6 Å². The highest BCUT2D eigenvalue weighted by atomic mass is 15.1. The molecule has 0 amide bonds. The molecule has 2 N–H and O–H groups in total. The van der Waals surface area contributed by atoms with E-state index >= 15 is 0 Å². The van der Waals surface area contributed by atoms with Gasteiger partial charge in [-0.15, -0.1) is 0 Å². The zero-order valence-corrected chi connectivity index (χ0v) is 13.5. The summed E-state index contributed by atoms with van der Waals surface area (Å²) in [5.74, 6) is 1.50. The van der Waals surface area contributed by atoms with Gasteiger partial charge in [-0.25, -0.2) is 4.98 Å². The monoisotopic (exact) mass is 284 g/mol. The number of hydrogen-bond donors (Lipinski definition) is 2. The van der Waals surface area contributed by atoms with E-state index < -0.39 is 0 Å². The molecule has 0 spiro atoms. The lowest BCUT2D eigenvalue weighted by Crippen LogP contribution is -2.14. The molecular formula is C17H24N4. The van der Waals surface area contributed by atoms with Crippen molar-refractivity contribution in [3.63, 3.8) is 0 Å². The number of aromatic nitrogens is 2. The summed E-state index contributed by atoms with van der Waals surface area (Å²) >= 11 is 0. The van der Waals surface area contributed by atoms with Gasteiger partial charge in [-0.2, -0.15) is 4.98 Å². The first kappa shape index (κ1) is 15.3. The smallest absolute Gasteiger partial charge is 0.224 e. The van der Waals surface area contributed by atoms with E-state index in [1.807, 2.05) is 26.1 Å². The van der Waals surface area contributed by atoms with Crippen LogP contribution in [0.3, 0.4) is 0 Å². The van der Waals surface area contributed by atoms with Gasteiger partial charge in [0.2, 0.25) is 5.95 Å². The molecule has 0 aliphatic heterocycles. The maximum atomic E-state index is 4.55. The first-order valence-corrected chi connectivity index (χ1v) is 7.36. The van der Waals surface area contributed by atoms with E-state index in [2.05, 4.69) is 59.6 Å². The van der Waals surface area contributed by atoms with Crippen LogP contribution in [0.5, 0.6) is 0 Å². The molecule has 0 saturated heterocycles. The van der Waals surface area contributed by atoms with Crippen molar-refractivity contribution in [2.75, 3.05) is 17.2 Å². The number of nitrogens with zero attached hydrogens (tertiary/aromatic N) is 2. The lowest BCUT2D eigenvalue weighted by Gasteiger charge is -2.23. The fourth-order valence-electron chi connectivity index (χ4n) is 2.19. The molecule has 0 saturated carbocycles. The maximum absolute atomic E-state index is 4.55. The van der Waals surface area contributed by atoms with Crippen molar-refractivity contribution >= 4 is 17.5 Å². The Kier molecular flexibility index (Phi) is 4.46. The molecule has 0 aliphatic rings. The number of hydrogen-bond acceptors (Lipinski definition) is 4. The summed E-state index contributed by atoms with van der Waals surface area (Å²) in [6.45, 7) is 11.5. The topological polar surface area (TPSA) is 49.8 Å². The summed E-state index contributed by atoms with van der Waals surface area (Å²) in [5, 5.41) is 6.60. The lowest BCUT2D eigenvalue weighted by molar-refractivity contribution is 0.592. The predicted molar refractivity (Wildman–Crippen MR) is 89.4 cm³/mol. The normalized spacial score (nSPS) is 11.3. The second-order valence-electron chi connectivity index (χ2n) is 6.18. The number of para-hydroxylation sites is 1. The molecule has 0 atom stereocenters. The Morgan fingerprint density at radius 3 is 2.52 bits per heavy atom. The Bertz CT molecular complexity index is 614. The Morgan fingerprint density at radius 2 is 1.86 bits per heavy atom. The number of rotatable bonds is 4. The van der Waals surface area contributed by atoms with E-state index in [-0.39, 0.29) is 5.41 Å². The average molecular weight is 284 g/mol. The first-order valence-electron chi connectivity index (χ1n) is 7.36. The number of aryl methyl sites for hydroxylation is 1. The van der Waals surface area contributed by atoms with Gasteiger partial charge in [-0.3, -0.25) is 0 Å². The Hall–Kier alpha value is -2.10. The highest BCUT2D eigenvalue weighted by Gasteiger charge is 2.18. The van der Waals surface area contributed by atoms with Crippen molar-refractivity contribution in [3.8, 4) is 0 Å². The number of benzene rings is 1. The van der Waals surface area contributed by atoms with E-state index in [1.54, 1.807) is 0 Å². The van der Waals surface area contributed by atoms with E-state index in [0.717, 1.165) is 23.6 Å². The second kappa shape index (κ2) is 6.12. The molecule has 2 aromatic rings. The van der Waals surface area contributed by atoms with Gasteiger partial charge in [-0.05, 0) is 30.9 Å². The molecule has 4 heteroatoms. The molecule has 0 radical (unpaired) electrons. The molecule has 0 bridgehead atoms. The quantitative estimate of drug-likeness (QED) is 0.881. The summed E-state index contributed by atoms with van der Waals surface area (Å²) in [5.41, 5.74) is 3.47. The minimum atomic E-state index is 0.0784. The summed E-state index contributed by atoms with van der Waals surface area (Å²) in [6, 6.07) is 8.36. The molecule has 112 valence electrons. The van der Waals surface area contributed by atoms with Crippen LogP contribution < -0.4 is 10.6 Å². The van der Waals surface area contributed by atoms with Gasteiger partial charge >= 0.3 is 0 Å². The van der Waals surface area contributed by atoms with E-state index in [4.69, 9.17) is 0 Å². The van der Waals surface area contributed by atoms with Crippen LogP contribution >= 0.6 is 0 Å². The van der Waals surface area contributed by atoms with Gasteiger partial charge in [0.25, 0.3) is 0 Å². The third-order valence-corrected chi connectivity index (χ3v) is 3.29. The minimum absolute atomic E-state index is 0.0784. The van der Waals surface area contributed by atoms with E-state index in [0.29, 0.717) is 5.95 Å². The lowest BCUT2D eigenvalue weighted by atomic mass is 9.86. The highest BCUT2D eigenvalue weighted by molar-refractivity contribution is 5.64. The van der Waals surface area contributed by atoms with Crippen LogP contribution in [0.15, 0.2) is 30.5 Å². The molecule has 2 rings (SSSR count). The van der Waals surface area contributed by atoms with Crippen molar-refractivity contribution in [2.45, 2.75) is 40.0 Å². The molecule has 0 aliphatic carbocycles. The van der Waals surface area contributed by atoms with Crippen molar-refractivity contribution in [1.29, 1.82) is 0 Å². The van der Waals surface area contributed by atoms with Crippen molar-refractivity contribution in [2.24, 2.45) is 0 Å². The average Bonchev–Trinajstić information content (AvgIpc) is 2.42. The van der Waals surface area contributed by atoms with Crippen LogP contribution in [0.2, 0.25) is 0 Å². The molecular weight excluding hydrogens is 260 g/mol. The van der Waals surface area contributed by atoms with Gasteiger partial charge in [0, 0.05) is 24.0 Å². The number of nitrogens with one attached hydrogen (secondary N) is 2. The Balaban J connectivity index is 2.36. The fourth-order valence-corrected chi connectivity index (χ4v) is 2.19. The van der Waals surface area contributed by atoms with Crippen LogP contribution in [0, 0.1) is 6.92 Å². The summed E-state index contributed by atoms with van der Waals surface area (Å²) < 4.78 is 0. The van der Waals surface area contributed by atoms with Gasteiger partial charge < -0.3 is 10.6 Å². The molecule has 21 heavy (non-hydrogen) atoms. The van der Waals surface area contributed by atoms with Gasteiger partial charge in [0.05, 0.1) is 0 Å². The Labute approximate surface area is 127 Å². The maximum Gasteiger partial charge on any atom is 0.224 e. The molecule has 0 fully saturated rings. The van der Waals surface area contributed by atoms with Crippen molar-refractivity contribution < 1.29 is 0 Å². The zero-order valence-electron chi connectivity index (χ0n) is 13.5. The van der Waals surface area contributed by atoms with Crippen LogP contribution in [0.1, 0.15) is 38.8 Å². The van der Waals surface area contributed by atoms with E-state index in [9.17, 15) is 0 Å². The SMILES string of the molecule is CCNc1ncc(C)c(Nc2ccccc2C(C)(C)C)n1. The van der Waals surface area contributed by atoms with E-state index in [1.165, 1.54) is 5.56 Å². The van der Waals surface area contributed by atoms with Crippen LogP contribution in [-0.2, 0) is 5.41 Å². The molecule has 1 heterocycles. The first-order chi connectivity index (χ1) is 9.91. The summed E-state index contributed by atoms with van der Waals surface area (Å²) in [7, 11) is 0. The third-order valence-electron chi connectivity index (χ3n) is 3.29. The van der Waals surface area contributed by atoms with Gasteiger partial charge in [-0.1, -0.05) is 39.0 Å². The standard InChI is InChI=1S/C17H24N4/c1-6-18-16-19-11-12(2)15(21-16)20-14-10-8-7-9-13(14)17(3,4)5/h7-11H,6H2,1-5H3,(H2,18,19,20,21). The summed E-state index contributed by atoms with van der Waals surface area (Å²) in [4.78, 5) is 8.83. The molecule has 1 aromatic carbocycles. The second-order valence-corrected chi connectivity index (χ2v) is 6.18. The predicted octanol–water partition coefficient (Wildman–Crippen LogP) is 4.26. The largest absolute Gasteiger partial charge is 0.354 e. The highest BCUT2D eigenvalue weighted by Crippen LogP contribution is 2.31. The minimum Gasteiger partial charge on any atom is -0.354 e. The van der Waals surface area contributed by atoms with Crippen molar-refractivity contribution in [1.82, 2.24) is 9.97 Å². The van der Waals surface area contributed by atoms with Crippen LogP contribution in [0.4, 0.5) is 17.5 Å². The summed E-state index contributed by atoms with van der Waals surface area (Å²) in [6.07, 6.45) is 1.84. The molecule has 0 unspecified atom stereocenters. The van der Waals surface area contributed by atoms with Gasteiger partial charge in [0.15, 0.2) is 0 Å². The third kappa shape index (κ3) is 3.72. The fraction of sp³-hybridized carbons (Fsp3) is 0.412. The van der Waals surface area contributed by atoms with Crippen LogP contribution in [0.25, 0.3) is 0 Å². The molecule has 1 aromatic heterocycles. The van der Waals surface area contributed by atoms with Crippen LogP contribution in [-0.4, -0.2) is 16.5 Å². The molecule has 4 nitrogen and oxygen atoms in total. The zero-order chi connectivity index (χ0) is 15.5.